The van der Waals surface area contributed by atoms with Crippen LogP contribution in [0.1, 0.15) is 28.5 Å². The van der Waals surface area contributed by atoms with Crippen LogP contribution in [0.3, 0.4) is 0 Å². The van der Waals surface area contributed by atoms with Crippen molar-refractivity contribution in [1.29, 1.82) is 0 Å². The number of carboxylic acid groups (broad SMARTS) is 1. The molecule has 88 valence electrons. The molecule has 1 aromatic heterocycles. The summed E-state index contributed by atoms with van der Waals surface area (Å²) in [4.78, 5) is 10.6. The third-order valence-electron chi connectivity index (χ3n) is 2.53. The summed E-state index contributed by atoms with van der Waals surface area (Å²) in [5.41, 5.74) is 2.32. The van der Waals surface area contributed by atoms with Gasteiger partial charge in [0.25, 0.3) is 0 Å². The van der Waals surface area contributed by atoms with Gasteiger partial charge in [-0.2, -0.15) is 0 Å². The van der Waals surface area contributed by atoms with Gasteiger partial charge in [0.1, 0.15) is 0 Å². The molecule has 2 rings (SSSR count). The zero-order valence-corrected chi connectivity index (χ0v) is 9.50. The lowest BCUT2D eigenvalue weighted by atomic mass is 10.1. The van der Waals surface area contributed by atoms with Crippen LogP contribution in [0.5, 0.6) is 0 Å². The maximum atomic E-state index is 10.6. The average Bonchev–Trinajstić information content (AvgIpc) is 2.79. The number of rotatable bonds is 4. The summed E-state index contributed by atoms with van der Waals surface area (Å²) >= 11 is 0. The van der Waals surface area contributed by atoms with Gasteiger partial charge in [-0.1, -0.05) is 36.4 Å². The highest BCUT2D eigenvalue weighted by Crippen LogP contribution is 2.06. The number of carbonyl (C=O) groups is 1. The normalized spacial score (nSPS) is 10.4. The highest BCUT2D eigenvalue weighted by atomic mass is 16.4. The van der Waals surface area contributed by atoms with Gasteiger partial charge >= 0.3 is 5.97 Å². The second-order valence-electron chi connectivity index (χ2n) is 3.78. The summed E-state index contributed by atoms with van der Waals surface area (Å²) in [5, 5.41) is 16.0. The second kappa shape index (κ2) is 4.78. The first-order valence-electron chi connectivity index (χ1n) is 5.40. The average molecular weight is 231 g/mol. The fourth-order valence-corrected chi connectivity index (χ4v) is 1.54. The Balaban J connectivity index is 2.11. The SMILES string of the molecule is CCc1ccc(Cn2cc(C(=O)O)nn2)cc1. The smallest absolute Gasteiger partial charge is 0.358 e. The molecule has 0 amide bonds. The van der Waals surface area contributed by atoms with E-state index in [4.69, 9.17) is 5.11 Å². The van der Waals surface area contributed by atoms with Crippen LogP contribution in [-0.4, -0.2) is 26.1 Å². The van der Waals surface area contributed by atoms with Gasteiger partial charge in [-0.15, -0.1) is 5.10 Å². The van der Waals surface area contributed by atoms with Crippen LogP contribution in [0.4, 0.5) is 0 Å². The molecule has 0 atom stereocenters. The number of aromatic carboxylic acids is 1. The fourth-order valence-electron chi connectivity index (χ4n) is 1.54. The Morgan fingerprint density at radius 3 is 2.47 bits per heavy atom. The van der Waals surface area contributed by atoms with Gasteiger partial charge in [-0.3, -0.25) is 0 Å². The molecule has 1 N–H and O–H groups in total. The molecule has 0 saturated carbocycles. The Morgan fingerprint density at radius 2 is 1.94 bits per heavy atom. The number of hydrogen-bond acceptors (Lipinski definition) is 3. The van der Waals surface area contributed by atoms with E-state index in [-0.39, 0.29) is 5.69 Å². The monoisotopic (exact) mass is 231 g/mol. The van der Waals surface area contributed by atoms with Crippen molar-refractivity contribution >= 4 is 5.97 Å². The number of carboxylic acids is 1. The van der Waals surface area contributed by atoms with Gasteiger partial charge in [-0.25, -0.2) is 9.48 Å². The first-order valence-corrected chi connectivity index (χ1v) is 5.40. The number of nitrogens with zero attached hydrogens (tertiary/aromatic N) is 3. The first kappa shape index (κ1) is 11.3. The molecule has 5 nitrogen and oxygen atoms in total. The van der Waals surface area contributed by atoms with E-state index in [9.17, 15) is 4.79 Å². The Bertz CT molecular complexity index is 517. The lowest BCUT2D eigenvalue weighted by Gasteiger charge is -2.02. The van der Waals surface area contributed by atoms with Gasteiger partial charge < -0.3 is 5.11 Å². The van der Waals surface area contributed by atoms with E-state index in [2.05, 4.69) is 29.4 Å². The van der Waals surface area contributed by atoms with Crippen LogP contribution in [-0.2, 0) is 13.0 Å². The highest BCUT2D eigenvalue weighted by molar-refractivity contribution is 5.84. The predicted molar refractivity (Wildman–Crippen MR) is 61.9 cm³/mol. The molecular weight excluding hydrogens is 218 g/mol. The Morgan fingerprint density at radius 1 is 1.29 bits per heavy atom. The minimum absolute atomic E-state index is 0.0322. The van der Waals surface area contributed by atoms with E-state index >= 15 is 0 Å². The van der Waals surface area contributed by atoms with Crippen LogP contribution in [0.2, 0.25) is 0 Å². The minimum atomic E-state index is -1.06. The molecule has 1 heterocycles. The van der Waals surface area contributed by atoms with Crippen molar-refractivity contribution in [2.24, 2.45) is 0 Å². The summed E-state index contributed by atoms with van der Waals surface area (Å²) in [7, 11) is 0. The zero-order valence-electron chi connectivity index (χ0n) is 9.50. The summed E-state index contributed by atoms with van der Waals surface area (Å²) in [6.45, 7) is 2.63. The van der Waals surface area contributed by atoms with Gasteiger partial charge in [0.2, 0.25) is 0 Å². The van der Waals surface area contributed by atoms with Crippen molar-refractivity contribution < 1.29 is 9.90 Å². The molecule has 0 bridgehead atoms. The summed E-state index contributed by atoms with van der Waals surface area (Å²) in [6.07, 6.45) is 2.43. The Kier molecular flexibility index (Phi) is 3.18. The molecule has 5 heteroatoms. The van der Waals surface area contributed by atoms with Crippen LogP contribution in [0, 0.1) is 0 Å². The zero-order chi connectivity index (χ0) is 12.3. The van der Waals surface area contributed by atoms with Gasteiger partial charge in [0.15, 0.2) is 5.69 Å². The van der Waals surface area contributed by atoms with E-state index in [0.29, 0.717) is 6.54 Å². The third-order valence-corrected chi connectivity index (χ3v) is 2.53. The quantitative estimate of drug-likeness (QED) is 0.867. The predicted octanol–water partition coefficient (Wildman–Crippen LogP) is 1.59. The van der Waals surface area contributed by atoms with Crippen molar-refractivity contribution in [2.75, 3.05) is 0 Å². The van der Waals surface area contributed by atoms with Gasteiger partial charge in [0.05, 0.1) is 12.7 Å². The van der Waals surface area contributed by atoms with Crippen LogP contribution < -0.4 is 0 Å². The van der Waals surface area contributed by atoms with E-state index in [0.717, 1.165) is 12.0 Å². The molecule has 0 aliphatic heterocycles. The Hall–Kier alpha value is -2.17. The Labute approximate surface area is 98.7 Å². The molecule has 0 fully saturated rings. The van der Waals surface area contributed by atoms with Crippen molar-refractivity contribution in [3.63, 3.8) is 0 Å². The molecule has 0 spiro atoms. The molecule has 0 radical (unpaired) electrons. The van der Waals surface area contributed by atoms with Crippen molar-refractivity contribution in [3.8, 4) is 0 Å². The lowest BCUT2D eigenvalue weighted by Crippen LogP contribution is -2.00. The largest absolute Gasteiger partial charge is 0.476 e. The van der Waals surface area contributed by atoms with Crippen LogP contribution in [0.25, 0.3) is 0 Å². The minimum Gasteiger partial charge on any atom is -0.476 e. The van der Waals surface area contributed by atoms with E-state index < -0.39 is 5.97 Å². The molecular formula is C12H13N3O2. The molecule has 0 saturated heterocycles. The molecule has 0 aliphatic carbocycles. The third kappa shape index (κ3) is 2.69. The van der Waals surface area contributed by atoms with Gasteiger partial charge in [-0.05, 0) is 17.5 Å². The standard InChI is InChI=1S/C12H13N3O2/c1-2-9-3-5-10(6-4-9)7-15-8-11(12(16)17)13-14-15/h3-6,8H,2,7H2,1H3,(H,16,17). The maximum absolute atomic E-state index is 10.6. The maximum Gasteiger partial charge on any atom is 0.358 e. The summed E-state index contributed by atoms with van der Waals surface area (Å²) in [5.74, 6) is -1.06. The number of hydrogen-bond donors (Lipinski definition) is 1. The molecule has 2 aromatic rings. The van der Waals surface area contributed by atoms with E-state index in [1.54, 1.807) is 0 Å². The van der Waals surface area contributed by atoms with Crippen LogP contribution in [0.15, 0.2) is 30.5 Å². The second-order valence-corrected chi connectivity index (χ2v) is 3.78. The topological polar surface area (TPSA) is 68.0 Å². The number of benzene rings is 1. The van der Waals surface area contributed by atoms with Gasteiger partial charge in [0, 0.05) is 0 Å². The number of aromatic nitrogens is 3. The summed E-state index contributed by atoms with van der Waals surface area (Å²) < 4.78 is 1.52. The van der Waals surface area contributed by atoms with E-state index in [1.165, 1.54) is 16.4 Å². The highest BCUT2D eigenvalue weighted by Gasteiger charge is 2.08. The molecule has 0 unspecified atom stereocenters. The summed E-state index contributed by atoms with van der Waals surface area (Å²) in [6, 6.07) is 8.15. The molecule has 0 aliphatic rings. The van der Waals surface area contributed by atoms with Crippen molar-refractivity contribution in [2.45, 2.75) is 19.9 Å². The van der Waals surface area contributed by atoms with Crippen molar-refractivity contribution in [3.05, 3.63) is 47.3 Å². The first-order chi connectivity index (χ1) is 8.19. The molecule has 1 aromatic carbocycles. The van der Waals surface area contributed by atoms with Crippen LogP contribution >= 0.6 is 0 Å². The fraction of sp³-hybridized carbons (Fsp3) is 0.250. The lowest BCUT2D eigenvalue weighted by molar-refractivity contribution is 0.0690. The van der Waals surface area contributed by atoms with E-state index in [1.807, 2.05) is 12.1 Å². The van der Waals surface area contributed by atoms with Crippen molar-refractivity contribution in [1.82, 2.24) is 15.0 Å². The number of aryl methyl sites for hydroxylation is 1. The molecule has 17 heavy (non-hydrogen) atoms.